The lowest BCUT2D eigenvalue weighted by molar-refractivity contribution is -0.130. The number of fused-ring (bicyclic) bond motifs is 4. The summed E-state index contributed by atoms with van der Waals surface area (Å²) in [7, 11) is -1.00. The molecule has 13 nitrogen and oxygen atoms in total. The van der Waals surface area contributed by atoms with Crippen molar-refractivity contribution in [2.45, 2.75) is 66.2 Å². The molecule has 342 valence electrons. The van der Waals surface area contributed by atoms with Gasteiger partial charge in [-0.1, -0.05) is 51.1 Å². The quantitative estimate of drug-likeness (QED) is 0.0422. The summed E-state index contributed by atoms with van der Waals surface area (Å²) in [5, 5.41) is 13.5. The van der Waals surface area contributed by atoms with Gasteiger partial charge in [-0.15, -0.1) is 0 Å². The lowest BCUT2D eigenvalue weighted by Crippen LogP contribution is -2.23. The van der Waals surface area contributed by atoms with Gasteiger partial charge >= 0.3 is 5.97 Å². The molecule has 8 rings (SSSR count). The number of amides is 1. The number of halogens is 1. The highest BCUT2D eigenvalue weighted by molar-refractivity contribution is 7.80. The highest BCUT2D eigenvalue weighted by Gasteiger charge is 2.14. The van der Waals surface area contributed by atoms with Crippen LogP contribution in [0.2, 0.25) is 0 Å². The first kappa shape index (κ1) is 50.8. The molecule has 1 amide bonds. The monoisotopic (exact) mass is 923 g/mol. The Morgan fingerprint density at radius 3 is 1.72 bits per heavy atom. The van der Waals surface area contributed by atoms with Crippen LogP contribution in [0.15, 0.2) is 85.5 Å². The van der Waals surface area contributed by atoms with Crippen molar-refractivity contribution in [2.24, 2.45) is 5.73 Å². The molecule has 2 aromatic carbocycles. The molecule has 0 spiro atoms. The van der Waals surface area contributed by atoms with Crippen LogP contribution in [0.5, 0.6) is 23.0 Å². The Labute approximate surface area is 391 Å². The van der Waals surface area contributed by atoms with Crippen LogP contribution in [-0.4, -0.2) is 80.5 Å². The number of nitrogens with two attached hydrogens (primary N) is 1. The van der Waals surface area contributed by atoms with Crippen LogP contribution in [-0.2, 0) is 22.4 Å². The molecule has 0 aliphatic carbocycles. The molecule has 4 aromatic heterocycles. The Morgan fingerprint density at radius 2 is 1.23 bits per heavy atom. The zero-order valence-corrected chi connectivity index (χ0v) is 36.0. The number of H-pyrrole nitrogens is 2. The summed E-state index contributed by atoms with van der Waals surface area (Å²) in [5.74, 6) is 11.1. The Hall–Kier alpha value is -6.85. The number of hydrogen-bond acceptors (Lipinski definition) is 11. The zero-order valence-electron chi connectivity index (χ0n) is 35.3. The van der Waals surface area contributed by atoms with Crippen LogP contribution in [0.3, 0.4) is 0 Å². The molecule has 0 atom stereocenters. The second-order valence-corrected chi connectivity index (χ2v) is 14.8. The van der Waals surface area contributed by atoms with Gasteiger partial charge in [0.15, 0.2) is 23.0 Å². The molecule has 0 fully saturated rings. The van der Waals surface area contributed by atoms with Crippen LogP contribution >= 0.6 is 24.4 Å². The van der Waals surface area contributed by atoms with E-state index < -0.39 is 13.1 Å². The average Bonchev–Trinajstić information content (AvgIpc) is 4.15. The number of alkyl halides is 1. The number of rotatable bonds is 13. The van der Waals surface area contributed by atoms with Crippen LogP contribution in [0, 0.1) is 23.7 Å². The van der Waals surface area contributed by atoms with E-state index in [2.05, 4.69) is 55.1 Å². The van der Waals surface area contributed by atoms with E-state index in [1.54, 1.807) is 36.4 Å². The number of carboxylic acid groups (broad SMARTS) is 1. The third-order valence-corrected chi connectivity index (χ3v) is 10.2. The van der Waals surface area contributed by atoms with Crippen LogP contribution in [0.4, 0.5) is 4.39 Å². The van der Waals surface area contributed by atoms with E-state index in [-0.39, 0.29) is 34.3 Å². The van der Waals surface area contributed by atoms with Crippen molar-refractivity contribution >= 4 is 68.1 Å². The molecule has 16 heteroatoms. The largest absolute Gasteiger partial charge is 0.472 e. The van der Waals surface area contributed by atoms with E-state index in [1.807, 2.05) is 42.8 Å². The minimum absolute atomic E-state index is 0. The van der Waals surface area contributed by atoms with E-state index in [0.717, 1.165) is 84.3 Å². The second-order valence-electron chi connectivity index (χ2n) is 13.7. The predicted molar refractivity (Wildman–Crippen MR) is 262 cm³/mol. The fourth-order valence-corrected chi connectivity index (χ4v) is 6.80. The summed E-state index contributed by atoms with van der Waals surface area (Å²) in [4.78, 5) is 39.1. The third kappa shape index (κ3) is 16.7. The average molecular weight is 924 g/mol. The molecule has 0 radical (unpaired) electrons. The minimum Gasteiger partial charge on any atom is -0.472 e. The van der Waals surface area contributed by atoms with Gasteiger partial charge in [0.2, 0.25) is 13.6 Å². The number of thiocarbonyl (C=S) groups is 2. The van der Waals surface area contributed by atoms with Gasteiger partial charge in [0.1, 0.15) is 11.3 Å². The summed E-state index contributed by atoms with van der Waals surface area (Å²) in [5.41, 5.74) is 11.2. The summed E-state index contributed by atoms with van der Waals surface area (Å²) < 4.78 is 36.3. The van der Waals surface area contributed by atoms with Crippen molar-refractivity contribution in [3.05, 3.63) is 108 Å². The van der Waals surface area contributed by atoms with Gasteiger partial charge in [-0.3, -0.25) is 9.18 Å². The van der Waals surface area contributed by atoms with Gasteiger partial charge in [0, 0.05) is 65.1 Å². The SMILES string of the molecule is C.C.NCCCC(=S)CCc1ccnc2[nH]ccc12.O=C(C#Cc1ccc2c(c1)OCO2)NCCCC(=S)CCc1ccnc2[nH]ccc12.O=C(O)C#Cc1ccc2c(c1)OCO2.[2H]CF. The van der Waals surface area contributed by atoms with Crippen molar-refractivity contribution in [1.29, 1.82) is 0 Å². The number of aryl methyl sites for hydroxylation is 2. The van der Waals surface area contributed by atoms with Gasteiger partial charge in [0.25, 0.3) is 5.91 Å². The zero-order chi connectivity index (χ0) is 45.5. The first-order chi connectivity index (χ1) is 31.2. The molecular weight excluding hydrogens is 868 g/mol. The summed E-state index contributed by atoms with van der Waals surface area (Å²) in [6, 6.07) is 18.6. The Bertz CT molecular complexity index is 2670. The predicted octanol–water partition coefficient (Wildman–Crippen LogP) is 8.86. The van der Waals surface area contributed by atoms with E-state index in [9.17, 15) is 14.0 Å². The van der Waals surface area contributed by atoms with Crippen LogP contribution in [0.1, 0.15) is 77.0 Å². The highest BCUT2D eigenvalue weighted by atomic mass is 32.1. The number of aromatic nitrogens is 4. The van der Waals surface area contributed by atoms with Gasteiger partial charge in [-0.25, -0.2) is 14.8 Å². The lowest BCUT2D eigenvalue weighted by atomic mass is 10.0. The fourth-order valence-electron chi connectivity index (χ4n) is 6.30. The van der Waals surface area contributed by atoms with E-state index in [1.165, 1.54) is 16.5 Å². The van der Waals surface area contributed by atoms with Crippen molar-refractivity contribution in [1.82, 2.24) is 25.3 Å². The van der Waals surface area contributed by atoms with E-state index in [4.69, 9.17) is 55.6 Å². The number of pyridine rings is 2. The molecular formula is C49H55FN6O7S2. The first-order valence-electron chi connectivity index (χ1n) is 20.6. The number of aromatic amines is 2. The molecule has 0 bridgehead atoms. The highest BCUT2D eigenvalue weighted by Crippen LogP contribution is 2.33. The molecule has 0 saturated heterocycles. The maximum absolute atomic E-state index is 11.9. The van der Waals surface area contributed by atoms with Crippen molar-refractivity contribution < 1.29 is 39.4 Å². The number of nitrogens with one attached hydrogen (secondary N) is 3. The van der Waals surface area contributed by atoms with Crippen molar-refractivity contribution in [3.63, 3.8) is 0 Å². The Kier molecular flexibility index (Phi) is 21.9. The maximum atomic E-state index is 11.9. The summed E-state index contributed by atoms with van der Waals surface area (Å²) >= 11 is 10.8. The van der Waals surface area contributed by atoms with Crippen LogP contribution < -0.4 is 30.0 Å². The molecule has 2 aliphatic rings. The molecule has 65 heavy (non-hydrogen) atoms. The smallest absolute Gasteiger partial charge is 0.382 e. The minimum atomic E-state index is -1.15. The Balaban J connectivity index is 0.000000273. The molecule has 6 N–H and O–H groups in total. The number of ether oxygens (including phenoxy) is 4. The number of benzene rings is 2. The number of carbonyl (C=O) groups excluding carboxylic acids is 1. The van der Waals surface area contributed by atoms with Crippen LogP contribution in [0.25, 0.3) is 22.1 Å². The molecule has 0 saturated carbocycles. The third-order valence-electron chi connectivity index (χ3n) is 9.40. The van der Waals surface area contributed by atoms with Crippen molar-refractivity contribution in [3.8, 4) is 46.7 Å². The number of aliphatic carboxylic acids is 1. The molecule has 6 aromatic rings. The lowest BCUT2D eigenvalue weighted by Gasteiger charge is -2.06. The van der Waals surface area contributed by atoms with E-state index in [0.29, 0.717) is 40.7 Å². The van der Waals surface area contributed by atoms with Gasteiger partial charge in [-0.05, 0) is 139 Å². The first-order valence-corrected chi connectivity index (χ1v) is 20.7. The van der Waals surface area contributed by atoms with Crippen molar-refractivity contribution in [2.75, 3.05) is 33.8 Å². The number of carboxylic acids is 1. The second kappa shape index (κ2) is 28.0. The van der Waals surface area contributed by atoms with Gasteiger partial charge < -0.3 is 45.1 Å². The summed E-state index contributed by atoms with van der Waals surface area (Å²) in [6.45, 7) is 1.68. The normalized spacial score (nSPS) is 11.1. The maximum Gasteiger partial charge on any atom is 0.382 e. The van der Waals surface area contributed by atoms with Gasteiger partial charge in [0.05, 0.1) is 8.52 Å². The fraction of sp³-hybridized carbons (Fsp3) is 0.306. The topological polar surface area (TPSA) is 187 Å². The van der Waals surface area contributed by atoms with E-state index >= 15 is 0 Å². The number of hydrogen-bond donors (Lipinski definition) is 5. The number of nitrogens with zero attached hydrogens (tertiary/aromatic N) is 2. The van der Waals surface area contributed by atoms with Gasteiger partial charge in [-0.2, -0.15) is 0 Å². The molecule has 0 unspecified atom stereocenters. The standard InChI is InChI=1S/C23H21N3O3S.C13H17N3S.C10H6O4.CH3F.2CH4/c27-22(8-4-16-3-7-20-21(14-16)29-15-28-20)24-11-1-2-18(30)6-5-17-9-12-25-23-19(17)10-13-26-23;14-7-1-2-11(17)4-3-10-5-8-15-13-12(10)6-9-16-13;11-10(12)4-2-7-1-3-8-9(5-7)14-6-13-8;1-2;;/h3,7,9-10,12-14H,1-2,5-6,11,15H2,(H,24,27)(H,25,26);5-6,8-9H,1-4,7,14H2,(H,15,16);1,3,5H,6H2,(H,11,12);1H3;2*1H4/i;;;1D;;. The number of carbonyl (C=O) groups is 2. The summed E-state index contributed by atoms with van der Waals surface area (Å²) in [6.07, 6.45) is 14.7. The molecule has 2 aliphatic heterocycles. The molecule has 6 heterocycles. The Morgan fingerprint density at radius 1 is 0.754 bits per heavy atom.